The van der Waals surface area contributed by atoms with E-state index in [-0.39, 0.29) is 27.3 Å². The molecule has 1 aromatic carbocycles. The minimum Gasteiger partial charge on any atom is -0.0622 e. The van der Waals surface area contributed by atoms with Crippen LogP contribution >= 0.6 is 0 Å². The minimum atomic E-state index is 0. The van der Waals surface area contributed by atoms with Crippen LogP contribution in [-0.4, -0.2) is 0 Å². The molecular formula is C6H5Cd. The second-order valence-corrected chi connectivity index (χ2v) is 1.08. The normalized spacial score (nSPS) is 6.86. The van der Waals surface area contributed by atoms with Gasteiger partial charge in [-0.1, -0.05) is 30.3 Å². The topological polar surface area (TPSA) is 0 Å². The van der Waals surface area contributed by atoms with Crippen LogP contribution in [0.2, 0.25) is 0 Å². The Morgan fingerprint density at radius 3 is 1.57 bits per heavy atom. The predicted octanol–water partition coefficient (Wildman–Crippen LogP) is 1.48. The molecule has 0 amide bonds. The van der Waals surface area contributed by atoms with Crippen molar-refractivity contribution in [2.75, 3.05) is 0 Å². The fraction of sp³-hybridized carbons (Fsp3) is 0. The Morgan fingerprint density at radius 2 is 1.43 bits per heavy atom. The van der Waals surface area contributed by atoms with Gasteiger partial charge in [-0.15, -0.1) is 0 Å². The van der Waals surface area contributed by atoms with Crippen molar-refractivity contribution in [2.45, 2.75) is 0 Å². The maximum atomic E-state index is 2.89. The first-order valence-corrected chi connectivity index (χ1v) is 1.91. The summed E-state index contributed by atoms with van der Waals surface area (Å²) in [6.07, 6.45) is 0. The molecule has 0 spiro atoms. The molecule has 0 saturated heterocycles. The van der Waals surface area contributed by atoms with Crippen LogP contribution in [0.3, 0.4) is 0 Å². The molecule has 0 saturated carbocycles. The van der Waals surface area contributed by atoms with Crippen molar-refractivity contribution in [1.82, 2.24) is 0 Å². The van der Waals surface area contributed by atoms with E-state index in [1.807, 2.05) is 30.3 Å². The third-order valence-corrected chi connectivity index (χ3v) is 0.607. The summed E-state index contributed by atoms with van der Waals surface area (Å²) in [7, 11) is 0. The fourth-order valence-corrected chi connectivity index (χ4v) is 0.342. The van der Waals surface area contributed by atoms with E-state index in [1.54, 1.807) is 0 Å². The van der Waals surface area contributed by atoms with Gasteiger partial charge < -0.3 is 0 Å². The van der Waals surface area contributed by atoms with Gasteiger partial charge in [-0.3, -0.25) is 0 Å². The molecule has 1 rings (SSSR count). The number of benzene rings is 1. The van der Waals surface area contributed by atoms with Crippen LogP contribution in [0.25, 0.3) is 0 Å². The molecule has 0 aliphatic carbocycles. The SMILES string of the molecule is [Cd].[c]1ccccc1. The zero-order chi connectivity index (χ0) is 4.24. The Labute approximate surface area is 63.7 Å². The Balaban J connectivity index is 0.000000360. The molecule has 7 heavy (non-hydrogen) atoms. The molecular weight excluding hydrogens is 184 g/mol. The van der Waals surface area contributed by atoms with Gasteiger partial charge in [0.2, 0.25) is 0 Å². The average Bonchev–Trinajstić information content (AvgIpc) is 1.72. The van der Waals surface area contributed by atoms with Crippen molar-refractivity contribution in [2.24, 2.45) is 0 Å². The van der Waals surface area contributed by atoms with Gasteiger partial charge in [-0.2, -0.15) is 0 Å². The Hall–Kier alpha value is 0.142. The Kier molecular flexibility index (Phi) is 4.39. The summed E-state index contributed by atoms with van der Waals surface area (Å²) < 4.78 is 0. The summed E-state index contributed by atoms with van der Waals surface area (Å²) in [5, 5.41) is 0. The molecule has 0 N–H and O–H groups in total. The van der Waals surface area contributed by atoms with Crippen molar-refractivity contribution in [3.8, 4) is 0 Å². The largest absolute Gasteiger partial charge is 0.0622 e. The third kappa shape index (κ3) is 2.79. The van der Waals surface area contributed by atoms with Gasteiger partial charge in [0.1, 0.15) is 0 Å². The van der Waals surface area contributed by atoms with Crippen LogP contribution in [0.5, 0.6) is 0 Å². The van der Waals surface area contributed by atoms with Gasteiger partial charge >= 0.3 is 0 Å². The van der Waals surface area contributed by atoms with Crippen LogP contribution in [0.15, 0.2) is 30.3 Å². The summed E-state index contributed by atoms with van der Waals surface area (Å²) in [5.74, 6) is 0. The summed E-state index contributed by atoms with van der Waals surface area (Å²) in [4.78, 5) is 0. The first-order valence-electron chi connectivity index (χ1n) is 1.91. The molecule has 0 fully saturated rings. The molecule has 31 valence electrons. The van der Waals surface area contributed by atoms with Crippen LogP contribution in [0, 0.1) is 6.07 Å². The average molecular weight is 190 g/mol. The van der Waals surface area contributed by atoms with Crippen LogP contribution in [-0.2, 0) is 27.3 Å². The third-order valence-electron chi connectivity index (χ3n) is 0.607. The maximum Gasteiger partial charge on any atom is 0 e. The summed E-state index contributed by atoms with van der Waals surface area (Å²) in [6.45, 7) is 0. The van der Waals surface area contributed by atoms with E-state index in [1.165, 1.54) is 0 Å². The molecule has 0 unspecified atom stereocenters. The van der Waals surface area contributed by atoms with Crippen molar-refractivity contribution < 1.29 is 27.3 Å². The van der Waals surface area contributed by atoms with Gasteiger partial charge in [0, 0.05) is 27.3 Å². The Bertz CT molecular complexity index is 76.1. The summed E-state index contributed by atoms with van der Waals surface area (Å²) in [6, 6.07) is 12.5. The summed E-state index contributed by atoms with van der Waals surface area (Å²) >= 11 is 0. The van der Waals surface area contributed by atoms with Crippen LogP contribution in [0.1, 0.15) is 0 Å². The molecule has 0 nitrogen and oxygen atoms in total. The zero-order valence-electron chi connectivity index (χ0n) is 4.09. The van der Waals surface area contributed by atoms with Crippen molar-refractivity contribution in [3.63, 3.8) is 0 Å². The number of rotatable bonds is 0. The molecule has 0 aliphatic heterocycles. The molecule has 1 radical (unpaired) electrons. The molecule has 1 aromatic rings. The van der Waals surface area contributed by atoms with E-state index in [0.29, 0.717) is 0 Å². The van der Waals surface area contributed by atoms with Crippen molar-refractivity contribution >= 4 is 0 Å². The predicted molar refractivity (Wildman–Crippen MR) is 25.3 cm³/mol. The second kappa shape index (κ2) is 4.30. The first-order chi connectivity index (χ1) is 3.00. The van der Waals surface area contributed by atoms with Crippen LogP contribution < -0.4 is 0 Å². The molecule has 0 heterocycles. The van der Waals surface area contributed by atoms with Crippen LogP contribution in [0.4, 0.5) is 0 Å². The van der Waals surface area contributed by atoms with E-state index in [9.17, 15) is 0 Å². The van der Waals surface area contributed by atoms with Crippen molar-refractivity contribution in [3.05, 3.63) is 36.4 Å². The fourth-order valence-electron chi connectivity index (χ4n) is 0.342. The molecule has 0 bridgehead atoms. The monoisotopic (exact) mass is 191 g/mol. The standard InChI is InChI=1S/C6H5.Cd/c1-2-4-6-5-3-1;/h1-5H;. The second-order valence-electron chi connectivity index (χ2n) is 1.08. The van der Waals surface area contributed by atoms with Gasteiger partial charge in [0.25, 0.3) is 0 Å². The quantitative estimate of drug-likeness (QED) is 0.543. The molecule has 0 atom stereocenters. The van der Waals surface area contributed by atoms with Gasteiger partial charge in [0.05, 0.1) is 0 Å². The van der Waals surface area contributed by atoms with E-state index in [4.69, 9.17) is 0 Å². The number of hydrogen-bond acceptors (Lipinski definition) is 0. The zero-order valence-corrected chi connectivity index (χ0v) is 8.13. The van der Waals surface area contributed by atoms with Gasteiger partial charge in [0.15, 0.2) is 0 Å². The van der Waals surface area contributed by atoms with E-state index >= 15 is 0 Å². The molecule has 1 heteroatoms. The van der Waals surface area contributed by atoms with Crippen molar-refractivity contribution in [1.29, 1.82) is 0 Å². The van der Waals surface area contributed by atoms with Gasteiger partial charge in [-0.25, -0.2) is 0 Å². The van der Waals surface area contributed by atoms with E-state index in [2.05, 4.69) is 6.07 Å². The molecule has 0 aliphatic rings. The first kappa shape index (κ1) is 7.14. The minimum absolute atomic E-state index is 0. The molecule has 0 aromatic heterocycles. The van der Waals surface area contributed by atoms with E-state index < -0.39 is 0 Å². The maximum absolute atomic E-state index is 2.89. The Morgan fingerprint density at radius 1 is 0.857 bits per heavy atom. The number of hydrogen-bond donors (Lipinski definition) is 0. The smallest absolute Gasteiger partial charge is 0 e. The van der Waals surface area contributed by atoms with Gasteiger partial charge in [-0.05, 0) is 6.07 Å². The summed E-state index contributed by atoms with van der Waals surface area (Å²) in [5.41, 5.74) is 0. The van der Waals surface area contributed by atoms with E-state index in [0.717, 1.165) is 0 Å².